The Morgan fingerprint density at radius 2 is 2.17 bits per heavy atom. The largest absolute Gasteiger partial charge is 0.370 e. The Labute approximate surface area is 141 Å². The van der Waals surface area contributed by atoms with Gasteiger partial charge in [-0.05, 0) is 31.5 Å². The lowest BCUT2D eigenvalue weighted by Crippen LogP contribution is -2.53. The van der Waals surface area contributed by atoms with Crippen LogP contribution in [-0.4, -0.2) is 33.7 Å². The van der Waals surface area contributed by atoms with Crippen LogP contribution in [0.4, 0.5) is 4.39 Å². The number of hydrogen-bond donors (Lipinski definition) is 0. The lowest BCUT2D eigenvalue weighted by molar-refractivity contribution is -0.105. The Morgan fingerprint density at radius 3 is 2.83 bits per heavy atom. The van der Waals surface area contributed by atoms with E-state index in [2.05, 4.69) is 28.9 Å². The minimum absolute atomic E-state index is 0.150. The van der Waals surface area contributed by atoms with E-state index in [0.29, 0.717) is 31.4 Å². The standard InChI is InChI=1S/C18H24FN3O2/c1-12(2)17-20-16(21-24-17)10-22-9-15(23-11-18(22,3)4)13-6-5-7-14(19)8-13/h5-8,12,15H,9-11H2,1-4H3/t15-/m0/s1. The monoisotopic (exact) mass is 333 g/mol. The Balaban J connectivity index is 1.76. The van der Waals surface area contributed by atoms with Gasteiger partial charge >= 0.3 is 0 Å². The predicted molar refractivity (Wildman–Crippen MR) is 88.0 cm³/mol. The fraction of sp³-hybridized carbons (Fsp3) is 0.556. The quantitative estimate of drug-likeness (QED) is 0.854. The van der Waals surface area contributed by atoms with Gasteiger partial charge in [-0.1, -0.05) is 31.1 Å². The lowest BCUT2D eigenvalue weighted by atomic mass is 9.98. The summed E-state index contributed by atoms with van der Waals surface area (Å²) in [6.45, 7) is 10.1. The Morgan fingerprint density at radius 1 is 1.38 bits per heavy atom. The van der Waals surface area contributed by atoms with Crippen LogP contribution in [0.25, 0.3) is 0 Å². The molecule has 2 aromatic rings. The van der Waals surface area contributed by atoms with Crippen molar-refractivity contribution >= 4 is 0 Å². The molecule has 0 radical (unpaired) electrons. The molecule has 5 nitrogen and oxygen atoms in total. The van der Waals surface area contributed by atoms with Gasteiger partial charge < -0.3 is 9.26 Å². The number of benzene rings is 1. The van der Waals surface area contributed by atoms with Crippen molar-refractivity contribution in [1.82, 2.24) is 15.0 Å². The van der Waals surface area contributed by atoms with Gasteiger partial charge in [0.05, 0.1) is 19.3 Å². The molecule has 6 heteroatoms. The molecular formula is C18H24FN3O2. The van der Waals surface area contributed by atoms with Crippen LogP contribution in [-0.2, 0) is 11.3 Å². The molecule has 1 aromatic carbocycles. The van der Waals surface area contributed by atoms with Gasteiger partial charge in [0.1, 0.15) is 5.82 Å². The molecule has 1 saturated heterocycles. The van der Waals surface area contributed by atoms with Crippen molar-refractivity contribution in [2.75, 3.05) is 13.2 Å². The first-order valence-corrected chi connectivity index (χ1v) is 8.30. The molecule has 24 heavy (non-hydrogen) atoms. The van der Waals surface area contributed by atoms with Crippen molar-refractivity contribution in [3.63, 3.8) is 0 Å². The first kappa shape index (κ1) is 17.0. The van der Waals surface area contributed by atoms with Gasteiger partial charge in [0.15, 0.2) is 5.82 Å². The van der Waals surface area contributed by atoms with Crippen molar-refractivity contribution in [3.05, 3.63) is 47.4 Å². The second-order valence-corrected chi connectivity index (χ2v) is 7.25. The van der Waals surface area contributed by atoms with Crippen LogP contribution < -0.4 is 0 Å². The summed E-state index contributed by atoms with van der Waals surface area (Å²) < 4.78 is 24.8. The van der Waals surface area contributed by atoms with Crippen molar-refractivity contribution < 1.29 is 13.7 Å². The molecular weight excluding hydrogens is 309 g/mol. The molecule has 3 rings (SSSR count). The molecule has 1 aliphatic rings. The number of ether oxygens (including phenoxy) is 1. The summed E-state index contributed by atoms with van der Waals surface area (Å²) in [6, 6.07) is 6.59. The summed E-state index contributed by atoms with van der Waals surface area (Å²) in [6.07, 6.45) is -0.162. The molecule has 0 amide bonds. The molecule has 0 spiro atoms. The maximum absolute atomic E-state index is 13.5. The van der Waals surface area contributed by atoms with Gasteiger partial charge in [-0.15, -0.1) is 0 Å². The Kier molecular flexibility index (Phi) is 4.69. The van der Waals surface area contributed by atoms with Crippen LogP contribution in [0.2, 0.25) is 0 Å². The SMILES string of the molecule is CC(C)c1nc(CN2C[C@@H](c3cccc(F)c3)OCC2(C)C)no1. The van der Waals surface area contributed by atoms with E-state index in [1.54, 1.807) is 6.07 Å². The molecule has 0 saturated carbocycles. The van der Waals surface area contributed by atoms with E-state index in [-0.39, 0.29) is 23.4 Å². The topological polar surface area (TPSA) is 51.4 Å². The maximum Gasteiger partial charge on any atom is 0.229 e. The first-order valence-electron chi connectivity index (χ1n) is 8.30. The number of rotatable bonds is 4. The van der Waals surface area contributed by atoms with Gasteiger partial charge in [-0.25, -0.2) is 4.39 Å². The zero-order chi connectivity index (χ0) is 17.3. The van der Waals surface area contributed by atoms with Crippen molar-refractivity contribution in [1.29, 1.82) is 0 Å². The van der Waals surface area contributed by atoms with Gasteiger partial charge in [0.25, 0.3) is 0 Å². The number of aromatic nitrogens is 2. The van der Waals surface area contributed by atoms with Crippen LogP contribution in [0, 0.1) is 5.82 Å². The van der Waals surface area contributed by atoms with Gasteiger partial charge in [-0.2, -0.15) is 4.98 Å². The fourth-order valence-electron chi connectivity index (χ4n) is 2.82. The average molecular weight is 333 g/mol. The van der Waals surface area contributed by atoms with Crippen LogP contribution in [0.15, 0.2) is 28.8 Å². The third-order valence-corrected chi connectivity index (χ3v) is 4.41. The van der Waals surface area contributed by atoms with Gasteiger partial charge in [0.2, 0.25) is 5.89 Å². The van der Waals surface area contributed by atoms with E-state index in [4.69, 9.17) is 9.26 Å². The molecule has 1 aromatic heterocycles. The third kappa shape index (κ3) is 3.65. The fourth-order valence-corrected chi connectivity index (χ4v) is 2.82. The van der Waals surface area contributed by atoms with Crippen LogP contribution in [0.1, 0.15) is 57.0 Å². The minimum Gasteiger partial charge on any atom is -0.370 e. The van der Waals surface area contributed by atoms with Crippen molar-refractivity contribution in [2.24, 2.45) is 0 Å². The van der Waals surface area contributed by atoms with Crippen molar-refractivity contribution in [2.45, 2.75) is 51.8 Å². The molecule has 0 bridgehead atoms. The summed E-state index contributed by atoms with van der Waals surface area (Å²) in [7, 11) is 0. The molecule has 1 fully saturated rings. The summed E-state index contributed by atoms with van der Waals surface area (Å²) >= 11 is 0. The summed E-state index contributed by atoms with van der Waals surface area (Å²) in [5.74, 6) is 1.29. The molecule has 130 valence electrons. The van der Waals surface area contributed by atoms with Crippen LogP contribution in [0.3, 0.4) is 0 Å². The molecule has 1 aliphatic heterocycles. The predicted octanol–water partition coefficient (Wildman–Crippen LogP) is 3.68. The zero-order valence-corrected chi connectivity index (χ0v) is 14.6. The summed E-state index contributed by atoms with van der Waals surface area (Å²) in [5, 5.41) is 4.08. The number of morpholine rings is 1. The Hall–Kier alpha value is -1.79. The van der Waals surface area contributed by atoms with Gasteiger partial charge in [0, 0.05) is 18.0 Å². The maximum atomic E-state index is 13.5. The molecule has 0 N–H and O–H groups in total. The van der Waals surface area contributed by atoms with Gasteiger partial charge in [-0.3, -0.25) is 4.90 Å². The Bertz CT molecular complexity index is 699. The van der Waals surface area contributed by atoms with Crippen molar-refractivity contribution in [3.8, 4) is 0 Å². The summed E-state index contributed by atoms with van der Waals surface area (Å²) in [5.41, 5.74) is 0.703. The highest BCUT2D eigenvalue weighted by atomic mass is 19.1. The molecule has 0 aliphatic carbocycles. The number of nitrogens with zero attached hydrogens (tertiary/aromatic N) is 3. The number of hydrogen-bond acceptors (Lipinski definition) is 5. The van der Waals surface area contributed by atoms with Crippen LogP contribution in [0.5, 0.6) is 0 Å². The molecule has 2 heterocycles. The van der Waals surface area contributed by atoms with E-state index in [9.17, 15) is 4.39 Å². The van der Waals surface area contributed by atoms with E-state index >= 15 is 0 Å². The second-order valence-electron chi connectivity index (χ2n) is 7.25. The van der Waals surface area contributed by atoms with E-state index in [0.717, 1.165) is 5.56 Å². The van der Waals surface area contributed by atoms with E-state index in [1.165, 1.54) is 12.1 Å². The highest BCUT2D eigenvalue weighted by molar-refractivity contribution is 5.20. The zero-order valence-electron chi connectivity index (χ0n) is 14.6. The normalized spacial score (nSPS) is 21.3. The second kappa shape index (κ2) is 6.61. The molecule has 0 unspecified atom stereocenters. The average Bonchev–Trinajstić information content (AvgIpc) is 2.98. The summed E-state index contributed by atoms with van der Waals surface area (Å²) in [4.78, 5) is 6.73. The van der Waals surface area contributed by atoms with Crippen LogP contribution >= 0.6 is 0 Å². The smallest absolute Gasteiger partial charge is 0.229 e. The van der Waals surface area contributed by atoms with E-state index in [1.807, 2.05) is 19.9 Å². The highest BCUT2D eigenvalue weighted by Gasteiger charge is 2.36. The number of halogens is 1. The molecule has 1 atom stereocenters. The minimum atomic E-state index is -0.243. The lowest BCUT2D eigenvalue weighted by Gasteiger charge is -2.45. The first-order chi connectivity index (χ1) is 11.3. The third-order valence-electron chi connectivity index (χ3n) is 4.41. The van der Waals surface area contributed by atoms with E-state index < -0.39 is 0 Å². The highest BCUT2D eigenvalue weighted by Crippen LogP contribution is 2.31.